The summed E-state index contributed by atoms with van der Waals surface area (Å²) in [5.41, 5.74) is 0.755. The molecule has 4 rings (SSSR count). The number of carbonyl (C=O) groups is 2. The molecule has 146 valence electrons. The van der Waals surface area contributed by atoms with Crippen molar-refractivity contribution in [2.24, 2.45) is 5.92 Å². The molecule has 1 aromatic rings. The minimum atomic E-state index is -0.300. The number of ether oxygens (including phenoxy) is 3. The highest BCUT2D eigenvalue weighted by Crippen LogP contribution is 2.36. The zero-order valence-corrected chi connectivity index (χ0v) is 15.7. The Hall–Kier alpha value is -2.28. The zero-order chi connectivity index (χ0) is 18.8. The van der Waals surface area contributed by atoms with Gasteiger partial charge in [0.1, 0.15) is 13.2 Å². The molecule has 0 bridgehead atoms. The number of hydrogen-bond acceptors (Lipinski definition) is 5. The molecule has 0 radical (unpaired) electrons. The van der Waals surface area contributed by atoms with Crippen LogP contribution in [0.5, 0.6) is 11.5 Å². The maximum absolute atomic E-state index is 13.0. The van der Waals surface area contributed by atoms with Gasteiger partial charge < -0.3 is 24.0 Å². The topological polar surface area (TPSA) is 68.3 Å². The van der Waals surface area contributed by atoms with Gasteiger partial charge in [-0.05, 0) is 31.9 Å². The molecule has 2 atom stereocenters. The number of benzene rings is 1. The van der Waals surface area contributed by atoms with Crippen molar-refractivity contribution < 1.29 is 23.8 Å². The maximum atomic E-state index is 13.0. The predicted octanol–water partition coefficient (Wildman–Crippen LogP) is 1.84. The molecule has 2 unspecified atom stereocenters. The third-order valence-corrected chi connectivity index (χ3v) is 5.40. The van der Waals surface area contributed by atoms with Crippen LogP contribution in [-0.4, -0.2) is 62.3 Å². The number of hydrogen-bond donors (Lipinski definition) is 0. The van der Waals surface area contributed by atoms with E-state index in [2.05, 4.69) is 0 Å². The lowest BCUT2D eigenvalue weighted by atomic mass is 10.0. The molecular weight excluding hydrogens is 348 g/mol. The molecule has 27 heavy (non-hydrogen) atoms. The first-order chi connectivity index (χ1) is 13.2. The van der Waals surface area contributed by atoms with Crippen molar-refractivity contribution in [3.63, 3.8) is 0 Å². The second-order valence-corrected chi connectivity index (χ2v) is 7.24. The van der Waals surface area contributed by atoms with Gasteiger partial charge in [-0.2, -0.15) is 0 Å². The third kappa shape index (κ3) is 3.74. The molecule has 7 heteroatoms. The molecule has 0 N–H and O–H groups in total. The lowest BCUT2D eigenvalue weighted by molar-refractivity contribution is -0.139. The third-order valence-electron chi connectivity index (χ3n) is 5.40. The second-order valence-electron chi connectivity index (χ2n) is 7.24. The number of nitrogens with zero attached hydrogens (tertiary/aromatic N) is 2. The van der Waals surface area contributed by atoms with Gasteiger partial charge in [0.2, 0.25) is 11.8 Å². The Balaban J connectivity index is 1.43. The summed E-state index contributed by atoms with van der Waals surface area (Å²) in [5, 5.41) is 0. The van der Waals surface area contributed by atoms with E-state index in [1.54, 1.807) is 4.90 Å². The van der Waals surface area contributed by atoms with E-state index < -0.39 is 0 Å². The first-order valence-electron chi connectivity index (χ1n) is 9.76. The minimum absolute atomic E-state index is 0.0246. The summed E-state index contributed by atoms with van der Waals surface area (Å²) < 4.78 is 16.8. The molecule has 3 heterocycles. The lowest BCUT2D eigenvalue weighted by Gasteiger charge is -2.34. The Morgan fingerprint density at radius 1 is 1.22 bits per heavy atom. The molecule has 3 aliphatic rings. The maximum Gasteiger partial charge on any atom is 0.228 e. The molecule has 0 spiro atoms. The van der Waals surface area contributed by atoms with Crippen LogP contribution in [0.15, 0.2) is 18.2 Å². The van der Waals surface area contributed by atoms with E-state index in [-0.39, 0.29) is 30.3 Å². The van der Waals surface area contributed by atoms with Gasteiger partial charge >= 0.3 is 0 Å². The molecular formula is C20H26N2O5. The number of piperidine rings is 1. The number of likely N-dealkylation sites (tertiary alicyclic amines) is 1. The van der Waals surface area contributed by atoms with E-state index in [9.17, 15) is 9.59 Å². The van der Waals surface area contributed by atoms with Crippen molar-refractivity contribution >= 4 is 17.5 Å². The number of rotatable bonds is 4. The van der Waals surface area contributed by atoms with Gasteiger partial charge in [-0.3, -0.25) is 9.59 Å². The Morgan fingerprint density at radius 2 is 2.04 bits per heavy atom. The fourth-order valence-corrected chi connectivity index (χ4v) is 4.09. The highest BCUT2D eigenvalue weighted by atomic mass is 16.6. The molecule has 0 saturated carbocycles. The first-order valence-corrected chi connectivity index (χ1v) is 9.76. The highest BCUT2D eigenvalue weighted by molar-refractivity contribution is 6.00. The molecule has 1 aromatic carbocycles. The van der Waals surface area contributed by atoms with Gasteiger partial charge in [-0.15, -0.1) is 0 Å². The van der Waals surface area contributed by atoms with Gasteiger partial charge in [0.25, 0.3) is 0 Å². The van der Waals surface area contributed by atoms with Gasteiger partial charge in [0.05, 0.1) is 12.0 Å². The van der Waals surface area contributed by atoms with E-state index in [1.165, 1.54) is 0 Å². The summed E-state index contributed by atoms with van der Waals surface area (Å²) >= 11 is 0. The van der Waals surface area contributed by atoms with Crippen LogP contribution in [0, 0.1) is 5.92 Å². The van der Waals surface area contributed by atoms with Crippen molar-refractivity contribution in [2.45, 2.75) is 32.3 Å². The van der Waals surface area contributed by atoms with Crippen molar-refractivity contribution in [1.29, 1.82) is 0 Å². The Morgan fingerprint density at radius 3 is 2.85 bits per heavy atom. The van der Waals surface area contributed by atoms with Gasteiger partial charge in [0, 0.05) is 44.4 Å². The van der Waals surface area contributed by atoms with Gasteiger partial charge in [-0.1, -0.05) is 0 Å². The summed E-state index contributed by atoms with van der Waals surface area (Å²) in [6.45, 7) is 5.45. The number of anilines is 1. The van der Waals surface area contributed by atoms with Gasteiger partial charge in [-0.25, -0.2) is 0 Å². The number of carbonyl (C=O) groups excluding carboxylic acids is 2. The normalized spacial score (nSPS) is 25.0. The number of fused-ring (bicyclic) bond motifs is 1. The quantitative estimate of drug-likeness (QED) is 0.804. The van der Waals surface area contributed by atoms with Crippen LogP contribution < -0.4 is 14.4 Å². The van der Waals surface area contributed by atoms with Crippen molar-refractivity contribution in [2.75, 3.05) is 44.4 Å². The number of amides is 2. The molecule has 2 fully saturated rings. The van der Waals surface area contributed by atoms with Crippen LogP contribution in [0.25, 0.3) is 0 Å². The first kappa shape index (κ1) is 18.1. The van der Waals surface area contributed by atoms with Crippen LogP contribution in [-0.2, 0) is 14.3 Å². The average Bonchev–Trinajstić information content (AvgIpc) is 3.09. The van der Waals surface area contributed by atoms with Crippen molar-refractivity contribution in [3.8, 4) is 11.5 Å². The standard InChI is InChI=1S/C20H26N2O5/c1-2-25-16-4-3-7-21(13-16)20(24)14-10-19(23)22(12-14)15-5-6-17-18(11-15)27-9-8-26-17/h5-6,11,14,16H,2-4,7-10,12-13H2,1H3. The molecule has 2 saturated heterocycles. The Bertz CT molecular complexity index is 720. The second kappa shape index (κ2) is 7.76. The van der Waals surface area contributed by atoms with E-state index in [4.69, 9.17) is 14.2 Å². The fraction of sp³-hybridized carbons (Fsp3) is 0.600. The van der Waals surface area contributed by atoms with Crippen molar-refractivity contribution in [1.82, 2.24) is 4.90 Å². The largest absolute Gasteiger partial charge is 0.486 e. The predicted molar refractivity (Wildman–Crippen MR) is 99.1 cm³/mol. The molecule has 0 aliphatic carbocycles. The van der Waals surface area contributed by atoms with E-state index in [1.807, 2.05) is 30.0 Å². The Labute approximate surface area is 159 Å². The lowest BCUT2D eigenvalue weighted by Crippen LogP contribution is -2.46. The summed E-state index contributed by atoms with van der Waals surface area (Å²) in [6.07, 6.45) is 2.30. The SMILES string of the molecule is CCOC1CCCN(C(=O)C2CC(=O)N(c3ccc4c(c3)OCCO4)C2)C1. The monoisotopic (exact) mass is 374 g/mol. The summed E-state index contributed by atoms with van der Waals surface area (Å²) in [4.78, 5) is 29.1. The zero-order valence-electron chi connectivity index (χ0n) is 15.7. The Kier molecular flexibility index (Phi) is 5.20. The highest BCUT2D eigenvalue weighted by Gasteiger charge is 2.38. The average molecular weight is 374 g/mol. The summed E-state index contributed by atoms with van der Waals surface area (Å²) in [6, 6.07) is 5.50. The van der Waals surface area contributed by atoms with Crippen LogP contribution in [0.2, 0.25) is 0 Å². The van der Waals surface area contributed by atoms with Crippen LogP contribution >= 0.6 is 0 Å². The fourth-order valence-electron chi connectivity index (χ4n) is 4.09. The molecule has 3 aliphatic heterocycles. The summed E-state index contributed by atoms with van der Waals surface area (Å²) in [5.74, 6) is 1.08. The van der Waals surface area contributed by atoms with Crippen LogP contribution in [0.1, 0.15) is 26.2 Å². The van der Waals surface area contributed by atoms with Crippen LogP contribution in [0.4, 0.5) is 5.69 Å². The minimum Gasteiger partial charge on any atom is -0.486 e. The van der Waals surface area contributed by atoms with Crippen LogP contribution in [0.3, 0.4) is 0 Å². The molecule has 7 nitrogen and oxygen atoms in total. The van der Waals surface area contributed by atoms with E-state index in [0.29, 0.717) is 44.4 Å². The molecule has 2 amide bonds. The van der Waals surface area contributed by atoms with E-state index >= 15 is 0 Å². The molecule has 0 aromatic heterocycles. The smallest absolute Gasteiger partial charge is 0.228 e. The van der Waals surface area contributed by atoms with Crippen molar-refractivity contribution in [3.05, 3.63) is 18.2 Å². The summed E-state index contributed by atoms with van der Waals surface area (Å²) in [7, 11) is 0. The van der Waals surface area contributed by atoms with Gasteiger partial charge in [0.15, 0.2) is 11.5 Å². The van der Waals surface area contributed by atoms with E-state index in [0.717, 1.165) is 25.1 Å².